The van der Waals surface area contributed by atoms with E-state index in [-0.39, 0.29) is 18.2 Å². The molecule has 168 valence electrons. The number of hydrogen-bond donors (Lipinski definition) is 1. The van der Waals surface area contributed by atoms with Gasteiger partial charge in [0.15, 0.2) is 0 Å². The number of rotatable bonds is 5. The van der Waals surface area contributed by atoms with Crippen molar-refractivity contribution in [3.05, 3.63) is 24.3 Å². The van der Waals surface area contributed by atoms with Crippen LogP contribution in [0.3, 0.4) is 0 Å². The van der Waals surface area contributed by atoms with Crippen molar-refractivity contribution in [2.45, 2.75) is 58.6 Å². The molecule has 9 heteroatoms. The molecule has 1 unspecified atom stereocenters. The van der Waals surface area contributed by atoms with E-state index in [2.05, 4.69) is 0 Å². The van der Waals surface area contributed by atoms with E-state index in [1.165, 1.54) is 10.6 Å². The van der Waals surface area contributed by atoms with Crippen molar-refractivity contribution in [2.24, 2.45) is 5.92 Å². The molecule has 0 spiro atoms. The largest absolute Gasteiger partial charge is 0.486 e. The molecule has 0 bridgehead atoms. The quantitative estimate of drug-likeness (QED) is 0.755. The Morgan fingerprint density at radius 2 is 1.77 bits per heavy atom. The molecule has 1 aromatic rings. The minimum atomic E-state index is -3.49. The van der Waals surface area contributed by atoms with E-state index in [0.717, 1.165) is 0 Å². The Kier molecular flexibility index (Phi) is 8.11. The second-order valence-corrected chi connectivity index (χ2v) is 9.31. The number of sulfonamides is 1. The molecule has 1 amide bonds. The van der Waals surface area contributed by atoms with E-state index >= 15 is 0 Å². The lowest BCUT2D eigenvalue weighted by atomic mass is 9.96. The van der Waals surface area contributed by atoms with Crippen LogP contribution in [0, 0.1) is 5.92 Å². The summed E-state index contributed by atoms with van der Waals surface area (Å²) < 4.78 is 32.0. The van der Waals surface area contributed by atoms with E-state index in [4.69, 9.17) is 9.84 Å². The Morgan fingerprint density at radius 3 is 2.33 bits per heavy atom. The summed E-state index contributed by atoms with van der Waals surface area (Å²) in [6.45, 7) is 6.66. The monoisotopic (exact) mass is 440 g/mol. The number of carbonyl (C=O) groups is 2. The van der Waals surface area contributed by atoms with Crippen LogP contribution in [0.25, 0.3) is 0 Å². The third kappa shape index (κ3) is 5.44. The molecule has 0 saturated carbocycles. The number of para-hydroxylation sites is 2. The highest BCUT2D eigenvalue weighted by atomic mass is 32.2. The molecule has 1 saturated heterocycles. The number of likely N-dealkylation sites (tertiary alicyclic amines) is 1. The highest BCUT2D eigenvalue weighted by Crippen LogP contribution is 2.38. The molecule has 0 radical (unpaired) electrons. The Labute approximate surface area is 178 Å². The van der Waals surface area contributed by atoms with Gasteiger partial charge < -0.3 is 14.7 Å². The van der Waals surface area contributed by atoms with Crippen LogP contribution in [0.1, 0.15) is 46.5 Å². The van der Waals surface area contributed by atoms with Gasteiger partial charge in [0, 0.05) is 19.5 Å². The fourth-order valence-corrected chi connectivity index (χ4v) is 5.20. The van der Waals surface area contributed by atoms with Crippen LogP contribution in [-0.2, 0) is 19.6 Å². The maximum Gasteiger partial charge on any atom is 0.306 e. The van der Waals surface area contributed by atoms with Gasteiger partial charge in [-0.15, -0.1) is 0 Å². The lowest BCUT2D eigenvalue weighted by Gasteiger charge is -2.40. The second-order valence-electron chi connectivity index (χ2n) is 7.46. The van der Waals surface area contributed by atoms with Crippen LogP contribution < -0.4 is 9.04 Å². The lowest BCUT2D eigenvalue weighted by molar-refractivity contribution is -0.145. The number of carboxylic acid groups (broad SMARTS) is 1. The second kappa shape index (κ2) is 10.1. The number of piperidine rings is 1. The summed E-state index contributed by atoms with van der Waals surface area (Å²) in [5.41, 5.74) is 0.510. The normalized spacial score (nSPS) is 21.7. The van der Waals surface area contributed by atoms with Gasteiger partial charge in [-0.1, -0.05) is 26.0 Å². The van der Waals surface area contributed by atoms with Crippen molar-refractivity contribution in [2.75, 3.05) is 23.7 Å². The Bertz CT molecular complexity index is 849. The average Bonchev–Trinajstić information content (AvgIpc) is 2.72. The number of aliphatic carboxylic acids is 1. The van der Waals surface area contributed by atoms with Crippen molar-refractivity contribution in [1.29, 1.82) is 0 Å². The summed E-state index contributed by atoms with van der Waals surface area (Å²) in [5.74, 6) is -0.753. The van der Waals surface area contributed by atoms with Gasteiger partial charge in [-0.25, -0.2) is 8.42 Å². The first-order chi connectivity index (χ1) is 14.2. The van der Waals surface area contributed by atoms with Gasteiger partial charge in [-0.2, -0.15) is 0 Å². The number of ether oxygens (including phenoxy) is 1. The molecule has 8 nitrogen and oxygen atoms in total. The minimum absolute atomic E-state index is 0.0515. The third-order valence-electron chi connectivity index (χ3n) is 5.49. The Morgan fingerprint density at radius 1 is 1.17 bits per heavy atom. The molecule has 0 aliphatic carbocycles. The van der Waals surface area contributed by atoms with Gasteiger partial charge in [0.1, 0.15) is 11.9 Å². The zero-order valence-electron chi connectivity index (χ0n) is 18.1. The molecule has 1 fully saturated rings. The number of benzene rings is 1. The van der Waals surface area contributed by atoms with Crippen LogP contribution in [0.5, 0.6) is 5.75 Å². The number of carbonyl (C=O) groups excluding carboxylic acids is 1. The van der Waals surface area contributed by atoms with Crippen molar-refractivity contribution in [3.63, 3.8) is 0 Å². The van der Waals surface area contributed by atoms with Gasteiger partial charge in [-0.05, 0) is 38.3 Å². The topological polar surface area (TPSA) is 104 Å². The molecule has 2 atom stereocenters. The van der Waals surface area contributed by atoms with Crippen molar-refractivity contribution < 1.29 is 27.9 Å². The molecule has 2 aliphatic rings. The first-order valence-electron chi connectivity index (χ1n) is 10.4. The van der Waals surface area contributed by atoms with Gasteiger partial charge in [0.2, 0.25) is 15.9 Å². The van der Waals surface area contributed by atoms with Gasteiger partial charge in [-0.3, -0.25) is 13.9 Å². The predicted octanol–water partition coefficient (Wildman–Crippen LogP) is 2.73. The average molecular weight is 441 g/mol. The summed E-state index contributed by atoms with van der Waals surface area (Å²) in [7, 11) is -3.49. The summed E-state index contributed by atoms with van der Waals surface area (Å²) >= 11 is 0. The third-order valence-corrected chi connectivity index (χ3v) is 6.73. The maximum absolute atomic E-state index is 12.5. The lowest BCUT2D eigenvalue weighted by Crippen LogP contribution is -2.50. The molecule has 2 aliphatic heterocycles. The molecule has 3 rings (SSSR count). The smallest absolute Gasteiger partial charge is 0.306 e. The Hall–Kier alpha value is -2.29. The van der Waals surface area contributed by atoms with Crippen molar-refractivity contribution in [1.82, 2.24) is 4.90 Å². The fourth-order valence-electron chi connectivity index (χ4n) is 3.95. The van der Waals surface area contributed by atoms with Crippen LogP contribution in [0.4, 0.5) is 5.69 Å². The highest BCUT2D eigenvalue weighted by molar-refractivity contribution is 7.92. The SMILES string of the molecule is CC.C[C@@H]1C(CCC(=O)N2CCC(C(=O)O)CC2)Oc2ccccc2N1S(C)(=O)=O. The summed E-state index contributed by atoms with van der Waals surface area (Å²) in [6, 6.07) is 6.54. The van der Waals surface area contributed by atoms with Crippen LogP contribution in [0.2, 0.25) is 0 Å². The first kappa shape index (κ1) is 24.0. The molecule has 1 aromatic carbocycles. The Balaban J connectivity index is 0.00000155. The van der Waals surface area contributed by atoms with Crippen molar-refractivity contribution >= 4 is 27.6 Å². The fraction of sp³-hybridized carbons (Fsp3) is 0.619. The summed E-state index contributed by atoms with van der Waals surface area (Å²) in [4.78, 5) is 25.3. The zero-order valence-corrected chi connectivity index (χ0v) is 18.9. The van der Waals surface area contributed by atoms with Crippen LogP contribution in [0.15, 0.2) is 24.3 Å². The standard InChI is InChI=1S/C19H26N2O6S.C2H6/c1-13-16(7-8-18(22)20-11-9-14(10-12-20)19(23)24)27-17-6-4-3-5-15(17)21(13)28(2,25)26;1-2/h3-6,13-14,16H,7-12H2,1-2H3,(H,23,24);1-2H3/t13-,16?;/m1./s1. The van der Waals surface area contributed by atoms with E-state index < -0.39 is 28.1 Å². The van der Waals surface area contributed by atoms with Gasteiger partial charge >= 0.3 is 5.97 Å². The number of carboxylic acids is 1. The molecule has 1 N–H and O–H groups in total. The van der Waals surface area contributed by atoms with E-state index in [1.807, 2.05) is 13.8 Å². The van der Waals surface area contributed by atoms with Crippen LogP contribution >= 0.6 is 0 Å². The number of anilines is 1. The number of nitrogens with zero attached hydrogens (tertiary/aromatic N) is 2. The summed E-state index contributed by atoms with van der Waals surface area (Å²) in [6.07, 6.45) is 2.27. The van der Waals surface area contributed by atoms with E-state index in [0.29, 0.717) is 43.8 Å². The minimum Gasteiger partial charge on any atom is -0.486 e. The van der Waals surface area contributed by atoms with E-state index in [9.17, 15) is 18.0 Å². The molecule has 0 aromatic heterocycles. The molecular weight excluding hydrogens is 408 g/mol. The maximum atomic E-state index is 12.5. The number of amides is 1. The number of hydrogen-bond acceptors (Lipinski definition) is 5. The van der Waals surface area contributed by atoms with E-state index in [1.54, 1.807) is 36.1 Å². The predicted molar refractivity (Wildman–Crippen MR) is 115 cm³/mol. The van der Waals surface area contributed by atoms with Gasteiger partial charge in [0.05, 0.1) is 23.9 Å². The van der Waals surface area contributed by atoms with Gasteiger partial charge in [0.25, 0.3) is 0 Å². The van der Waals surface area contributed by atoms with Crippen molar-refractivity contribution in [3.8, 4) is 5.75 Å². The molecular formula is C21H32N2O6S. The molecule has 2 heterocycles. The summed E-state index contributed by atoms with van der Waals surface area (Å²) in [5, 5.41) is 9.06. The zero-order chi connectivity index (χ0) is 22.5. The molecule has 30 heavy (non-hydrogen) atoms. The van der Waals surface area contributed by atoms with Crippen LogP contribution in [-0.4, -0.2) is 61.8 Å². The number of fused-ring (bicyclic) bond motifs is 1. The highest BCUT2D eigenvalue weighted by Gasteiger charge is 2.38. The first-order valence-corrected chi connectivity index (χ1v) is 12.3.